The second kappa shape index (κ2) is 17.0. The lowest BCUT2D eigenvalue weighted by atomic mass is 9.98. The summed E-state index contributed by atoms with van der Waals surface area (Å²) in [5.74, 6) is -4.34. The van der Waals surface area contributed by atoms with Gasteiger partial charge in [0.1, 0.15) is 31.1 Å². The molecule has 1 fully saturated rings. The number of nitrogens with one attached hydrogen (secondary N) is 1. The van der Waals surface area contributed by atoms with Crippen molar-refractivity contribution in [3.05, 3.63) is 89.5 Å². The molecule has 5 rings (SSSR count). The third-order valence-electron chi connectivity index (χ3n) is 8.50. The van der Waals surface area contributed by atoms with Crippen LogP contribution in [0.5, 0.6) is 5.75 Å². The maximum atomic E-state index is 12.8. The molecule has 2 aliphatic rings. The molecule has 0 aromatic heterocycles. The quantitative estimate of drug-likeness (QED) is 0.190. The van der Waals surface area contributed by atoms with Crippen molar-refractivity contribution >= 4 is 35.9 Å². The highest BCUT2D eigenvalue weighted by Crippen LogP contribution is 2.44. The first kappa shape index (κ1) is 38.3. The lowest BCUT2D eigenvalue weighted by Crippen LogP contribution is -2.63. The molecule has 280 valence electrons. The molecule has 0 saturated carbocycles. The predicted octanol–water partition coefficient (Wildman–Crippen LogP) is 3.68. The van der Waals surface area contributed by atoms with E-state index in [-0.39, 0.29) is 24.7 Å². The average Bonchev–Trinajstić information content (AvgIpc) is 3.42. The van der Waals surface area contributed by atoms with Gasteiger partial charge >= 0.3 is 35.9 Å². The fraction of sp³-hybridized carbons (Fsp3) is 0.368. The van der Waals surface area contributed by atoms with E-state index in [4.69, 9.17) is 33.2 Å². The molecule has 1 aliphatic carbocycles. The maximum Gasteiger partial charge on any atom is 0.407 e. The summed E-state index contributed by atoms with van der Waals surface area (Å²) in [6.45, 7) is 4.07. The molecular formula is C38H39NO14. The molecule has 1 heterocycles. The summed E-state index contributed by atoms with van der Waals surface area (Å²) in [7, 11) is 0. The van der Waals surface area contributed by atoms with Crippen LogP contribution in [0.4, 0.5) is 4.79 Å². The second-order valence-corrected chi connectivity index (χ2v) is 12.4. The van der Waals surface area contributed by atoms with Crippen molar-refractivity contribution in [2.45, 2.75) is 76.8 Å². The molecule has 3 aromatic rings. The van der Waals surface area contributed by atoms with Crippen LogP contribution in [0, 0.1) is 0 Å². The van der Waals surface area contributed by atoms with Crippen LogP contribution < -0.4 is 10.1 Å². The van der Waals surface area contributed by atoms with E-state index in [1.807, 2.05) is 48.5 Å². The summed E-state index contributed by atoms with van der Waals surface area (Å²) in [4.78, 5) is 72.8. The summed E-state index contributed by atoms with van der Waals surface area (Å²) in [5.41, 5.74) is 4.65. The first-order valence-corrected chi connectivity index (χ1v) is 16.7. The van der Waals surface area contributed by atoms with E-state index in [1.165, 1.54) is 12.1 Å². The van der Waals surface area contributed by atoms with E-state index < -0.39 is 79.3 Å². The first-order chi connectivity index (χ1) is 25.3. The average molecular weight is 734 g/mol. The molecule has 1 aliphatic heterocycles. The van der Waals surface area contributed by atoms with E-state index in [2.05, 4.69) is 5.32 Å². The predicted molar refractivity (Wildman–Crippen MR) is 182 cm³/mol. The van der Waals surface area contributed by atoms with Crippen LogP contribution in [0.15, 0.2) is 72.8 Å². The molecular weight excluding hydrogens is 694 g/mol. The molecule has 1 saturated heterocycles. The number of ether oxygens (including phenoxy) is 7. The highest BCUT2D eigenvalue weighted by Gasteiger charge is 2.53. The number of rotatable bonds is 13. The maximum absolute atomic E-state index is 12.8. The minimum atomic E-state index is -1.46. The normalized spacial score (nSPS) is 20.8. The van der Waals surface area contributed by atoms with Gasteiger partial charge in [-0.25, -0.2) is 9.59 Å². The van der Waals surface area contributed by atoms with Gasteiger partial charge in [-0.3, -0.25) is 19.2 Å². The van der Waals surface area contributed by atoms with Gasteiger partial charge in [0.05, 0.1) is 0 Å². The highest BCUT2D eigenvalue weighted by molar-refractivity contribution is 5.81. The van der Waals surface area contributed by atoms with Gasteiger partial charge in [0.25, 0.3) is 0 Å². The van der Waals surface area contributed by atoms with Crippen LogP contribution in [0.1, 0.15) is 50.3 Å². The number of esters is 4. The number of hydrogen-bond acceptors (Lipinski definition) is 13. The molecule has 2 N–H and O–H groups in total. The SMILES string of the molecule is CC(=O)OC[C@@H]1O[C@@H](Oc2ccc(C[C@H](NC(=O)OCC3c4ccccc4-c4ccccc43)C(=O)O)cc2)[C@@H](OC(C)=O)[C@@H](OC(C)=O)[C@@H]1OC(C)=O. The number of fused-ring (bicyclic) bond motifs is 3. The summed E-state index contributed by atoms with van der Waals surface area (Å²) in [6.07, 6.45) is -7.86. The summed E-state index contributed by atoms with van der Waals surface area (Å²) < 4.78 is 38.8. The molecule has 15 nitrogen and oxygen atoms in total. The van der Waals surface area contributed by atoms with Crippen molar-refractivity contribution < 1.29 is 67.0 Å². The van der Waals surface area contributed by atoms with Gasteiger partial charge < -0.3 is 43.6 Å². The third kappa shape index (κ3) is 9.68. The van der Waals surface area contributed by atoms with Gasteiger partial charge in [-0.15, -0.1) is 0 Å². The van der Waals surface area contributed by atoms with Crippen LogP contribution in [0.2, 0.25) is 0 Å². The largest absolute Gasteiger partial charge is 0.480 e. The van der Waals surface area contributed by atoms with Crippen LogP contribution in [0.3, 0.4) is 0 Å². The van der Waals surface area contributed by atoms with Crippen molar-refractivity contribution in [3.8, 4) is 16.9 Å². The Hall–Kier alpha value is -5.96. The van der Waals surface area contributed by atoms with Gasteiger partial charge in [-0.1, -0.05) is 60.7 Å². The number of amides is 1. The number of carbonyl (C=O) groups excluding carboxylic acids is 5. The zero-order valence-electron chi connectivity index (χ0n) is 29.3. The Morgan fingerprint density at radius 1 is 0.679 bits per heavy atom. The Balaban J connectivity index is 1.26. The van der Waals surface area contributed by atoms with Gasteiger partial charge in [0.2, 0.25) is 12.4 Å². The summed E-state index contributed by atoms with van der Waals surface area (Å²) >= 11 is 0. The Bertz CT molecular complexity index is 1800. The van der Waals surface area contributed by atoms with Crippen LogP contribution in [0.25, 0.3) is 11.1 Å². The third-order valence-corrected chi connectivity index (χ3v) is 8.50. The molecule has 6 atom stereocenters. The standard InChI is InChI=1S/C38H39NO14/c1-20(40)47-19-32-33(49-21(2)41)34(50-22(3)42)35(51-23(4)43)37(53-32)52-25-15-13-24(14-16-25)17-31(36(44)45)39-38(46)48-18-30-28-11-7-5-9-26(28)27-10-6-8-12-29(27)30/h5-16,30-35,37H,17-19H2,1-4H3,(H,39,46)(H,44,45)/t31-,32-,33+,34-,35-,37+/m0/s1. The van der Waals surface area contributed by atoms with Gasteiger partial charge in [0.15, 0.2) is 12.2 Å². The monoisotopic (exact) mass is 733 g/mol. The first-order valence-electron chi connectivity index (χ1n) is 16.7. The zero-order valence-corrected chi connectivity index (χ0v) is 29.3. The van der Waals surface area contributed by atoms with Gasteiger partial charge in [-0.05, 0) is 39.9 Å². The molecule has 0 bridgehead atoms. The topological polar surface area (TPSA) is 199 Å². The number of benzene rings is 3. The number of alkyl carbamates (subject to hydrolysis) is 1. The minimum absolute atomic E-state index is 0.0114. The molecule has 53 heavy (non-hydrogen) atoms. The van der Waals surface area contributed by atoms with Crippen LogP contribution in [-0.2, 0) is 58.8 Å². The minimum Gasteiger partial charge on any atom is -0.480 e. The fourth-order valence-electron chi connectivity index (χ4n) is 6.34. The number of carboxylic acids is 1. The van der Waals surface area contributed by atoms with Gasteiger partial charge in [-0.2, -0.15) is 0 Å². The van der Waals surface area contributed by atoms with E-state index in [1.54, 1.807) is 12.1 Å². The fourth-order valence-corrected chi connectivity index (χ4v) is 6.34. The van der Waals surface area contributed by atoms with E-state index in [0.29, 0.717) is 5.56 Å². The van der Waals surface area contributed by atoms with E-state index >= 15 is 0 Å². The Kier molecular flexibility index (Phi) is 12.3. The molecule has 3 aromatic carbocycles. The van der Waals surface area contributed by atoms with Crippen LogP contribution >= 0.6 is 0 Å². The number of aliphatic carboxylic acids is 1. The molecule has 0 spiro atoms. The Labute approximate surface area is 304 Å². The number of hydrogen-bond donors (Lipinski definition) is 2. The Morgan fingerprint density at radius 2 is 1.23 bits per heavy atom. The molecule has 0 radical (unpaired) electrons. The van der Waals surface area contributed by atoms with Crippen molar-refractivity contribution in [1.82, 2.24) is 5.32 Å². The van der Waals surface area contributed by atoms with Crippen molar-refractivity contribution in [1.29, 1.82) is 0 Å². The molecule has 15 heteroatoms. The van der Waals surface area contributed by atoms with Crippen molar-refractivity contribution in [2.75, 3.05) is 13.2 Å². The lowest BCUT2D eigenvalue weighted by Gasteiger charge is -2.43. The molecule has 1 amide bonds. The lowest BCUT2D eigenvalue weighted by molar-refractivity contribution is -0.288. The van der Waals surface area contributed by atoms with Crippen molar-refractivity contribution in [3.63, 3.8) is 0 Å². The van der Waals surface area contributed by atoms with Gasteiger partial charge in [0, 0.05) is 40.0 Å². The van der Waals surface area contributed by atoms with Crippen LogP contribution in [-0.4, -0.2) is 91.0 Å². The van der Waals surface area contributed by atoms with E-state index in [0.717, 1.165) is 49.9 Å². The second-order valence-electron chi connectivity index (χ2n) is 12.4. The Morgan fingerprint density at radius 3 is 1.77 bits per heavy atom. The number of carboxylic acid groups (broad SMARTS) is 1. The highest BCUT2D eigenvalue weighted by atomic mass is 16.7. The summed E-state index contributed by atoms with van der Waals surface area (Å²) in [6, 6.07) is 20.4. The smallest absolute Gasteiger partial charge is 0.407 e. The van der Waals surface area contributed by atoms with Crippen molar-refractivity contribution in [2.24, 2.45) is 0 Å². The summed E-state index contributed by atoms with van der Waals surface area (Å²) in [5, 5.41) is 12.3. The molecule has 0 unspecified atom stereocenters. The number of carbonyl (C=O) groups is 6. The zero-order chi connectivity index (χ0) is 38.2. The van der Waals surface area contributed by atoms with E-state index in [9.17, 15) is 33.9 Å².